The molecule has 3 heteroatoms. The Labute approximate surface area is 71.7 Å². The average Bonchev–Trinajstić information content (AvgIpc) is 2.30. The van der Waals surface area contributed by atoms with Gasteiger partial charge in [0.05, 0.1) is 12.0 Å². The van der Waals surface area contributed by atoms with Gasteiger partial charge in [-0.25, -0.2) is 0 Å². The van der Waals surface area contributed by atoms with E-state index in [-0.39, 0.29) is 23.9 Å². The molecule has 12 heavy (non-hydrogen) atoms. The monoisotopic (exact) mass is 170 g/mol. The normalized spacial score (nSPS) is 46.0. The van der Waals surface area contributed by atoms with Crippen molar-refractivity contribution in [1.29, 1.82) is 0 Å². The van der Waals surface area contributed by atoms with Crippen LogP contribution in [-0.4, -0.2) is 23.3 Å². The number of hydrogen-bond donors (Lipinski definition) is 1. The number of rotatable bonds is 1. The molecule has 1 N–H and O–H groups in total. The third-order valence-corrected chi connectivity index (χ3v) is 3.12. The second-order valence-corrected chi connectivity index (χ2v) is 3.72. The van der Waals surface area contributed by atoms with Crippen molar-refractivity contribution in [1.82, 2.24) is 0 Å². The lowest BCUT2D eigenvalue weighted by atomic mass is 9.77. The van der Waals surface area contributed by atoms with Gasteiger partial charge in [-0.3, -0.25) is 4.79 Å². The number of esters is 1. The third-order valence-electron chi connectivity index (χ3n) is 3.12. The summed E-state index contributed by atoms with van der Waals surface area (Å²) in [6, 6.07) is 0. The maximum Gasteiger partial charge on any atom is 0.309 e. The van der Waals surface area contributed by atoms with Gasteiger partial charge in [-0.05, 0) is 19.3 Å². The average molecular weight is 170 g/mol. The van der Waals surface area contributed by atoms with Crippen molar-refractivity contribution in [3.8, 4) is 0 Å². The maximum absolute atomic E-state index is 11.2. The van der Waals surface area contributed by atoms with Crippen LogP contribution in [0.15, 0.2) is 0 Å². The zero-order chi connectivity index (χ0) is 8.72. The smallest absolute Gasteiger partial charge is 0.309 e. The molecule has 0 spiro atoms. The molecule has 0 aromatic rings. The second-order valence-electron chi connectivity index (χ2n) is 3.72. The molecule has 2 fully saturated rings. The first-order valence-corrected chi connectivity index (χ1v) is 4.62. The lowest BCUT2D eigenvalue weighted by Gasteiger charge is -2.28. The quantitative estimate of drug-likeness (QED) is 0.589. The van der Waals surface area contributed by atoms with E-state index in [0.717, 1.165) is 19.3 Å². The predicted molar refractivity (Wildman–Crippen MR) is 42.4 cm³/mol. The summed E-state index contributed by atoms with van der Waals surface area (Å²) in [6.07, 6.45) is 1.82. The first-order chi connectivity index (χ1) is 5.74. The van der Waals surface area contributed by atoms with E-state index >= 15 is 0 Å². The zero-order valence-electron chi connectivity index (χ0n) is 7.19. The molecular formula is C9H14O3. The van der Waals surface area contributed by atoms with E-state index in [2.05, 4.69) is 0 Å². The van der Waals surface area contributed by atoms with Crippen LogP contribution >= 0.6 is 0 Å². The molecule has 1 saturated heterocycles. The van der Waals surface area contributed by atoms with Gasteiger partial charge in [0.25, 0.3) is 0 Å². The molecule has 4 unspecified atom stereocenters. The summed E-state index contributed by atoms with van der Waals surface area (Å²) in [5.41, 5.74) is 0. The Morgan fingerprint density at radius 2 is 2.33 bits per heavy atom. The van der Waals surface area contributed by atoms with E-state index in [1.165, 1.54) is 0 Å². The minimum atomic E-state index is -0.419. The summed E-state index contributed by atoms with van der Waals surface area (Å²) in [4.78, 5) is 11.2. The van der Waals surface area contributed by atoms with Crippen LogP contribution in [0.3, 0.4) is 0 Å². The largest absolute Gasteiger partial charge is 0.459 e. The number of aliphatic hydroxyl groups is 1. The number of carbonyl (C=O) groups excluding carboxylic acids is 1. The van der Waals surface area contributed by atoms with Gasteiger partial charge < -0.3 is 9.84 Å². The molecule has 1 aliphatic heterocycles. The minimum absolute atomic E-state index is 0.0726. The van der Waals surface area contributed by atoms with Gasteiger partial charge >= 0.3 is 5.97 Å². The highest BCUT2D eigenvalue weighted by Gasteiger charge is 2.49. The number of carbonyl (C=O) groups is 1. The fraction of sp³-hybridized carbons (Fsp3) is 0.889. The molecule has 0 aromatic heterocycles. The van der Waals surface area contributed by atoms with Crippen LogP contribution in [0, 0.1) is 11.8 Å². The van der Waals surface area contributed by atoms with E-state index < -0.39 is 6.10 Å². The summed E-state index contributed by atoms with van der Waals surface area (Å²) in [5, 5.41) is 9.54. The molecule has 1 aliphatic carbocycles. The van der Waals surface area contributed by atoms with Crippen molar-refractivity contribution in [3.05, 3.63) is 0 Å². The molecule has 2 bridgehead atoms. The highest BCUT2D eigenvalue weighted by atomic mass is 16.6. The molecule has 2 rings (SSSR count). The minimum Gasteiger partial charge on any atom is -0.459 e. The van der Waals surface area contributed by atoms with Crippen LogP contribution in [0.25, 0.3) is 0 Å². The van der Waals surface area contributed by atoms with E-state index in [0.29, 0.717) is 0 Å². The van der Waals surface area contributed by atoms with E-state index in [4.69, 9.17) is 4.74 Å². The highest BCUT2D eigenvalue weighted by Crippen LogP contribution is 2.41. The van der Waals surface area contributed by atoms with E-state index in [1.807, 2.05) is 6.92 Å². The van der Waals surface area contributed by atoms with Gasteiger partial charge in [-0.2, -0.15) is 0 Å². The molecule has 1 saturated carbocycles. The van der Waals surface area contributed by atoms with Crippen molar-refractivity contribution < 1.29 is 14.6 Å². The van der Waals surface area contributed by atoms with Crippen LogP contribution in [0.2, 0.25) is 0 Å². The van der Waals surface area contributed by atoms with Crippen LogP contribution in [0.1, 0.15) is 26.2 Å². The Morgan fingerprint density at radius 1 is 1.58 bits per heavy atom. The summed E-state index contributed by atoms with van der Waals surface area (Å²) in [6.45, 7) is 2.05. The molecule has 68 valence electrons. The molecule has 4 atom stereocenters. The van der Waals surface area contributed by atoms with Crippen molar-refractivity contribution in [2.75, 3.05) is 0 Å². The van der Waals surface area contributed by atoms with Crippen LogP contribution in [0.4, 0.5) is 0 Å². The first-order valence-electron chi connectivity index (χ1n) is 4.62. The molecule has 0 aromatic carbocycles. The highest BCUT2D eigenvalue weighted by molar-refractivity contribution is 5.75. The number of aliphatic hydroxyl groups excluding tert-OH is 1. The van der Waals surface area contributed by atoms with E-state index in [1.54, 1.807) is 0 Å². The van der Waals surface area contributed by atoms with Gasteiger partial charge in [-0.1, -0.05) is 6.92 Å². The van der Waals surface area contributed by atoms with Gasteiger partial charge in [0, 0.05) is 5.92 Å². The van der Waals surface area contributed by atoms with Gasteiger partial charge in [0.1, 0.15) is 6.10 Å². The van der Waals surface area contributed by atoms with Gasteiger partial charge in [0.15, 0.2) is 0 Å². The Kier molecular flexibility index (Phi) is 1.83. The molecule has 0 amide bonds. The van der Waals surface area contributed by atoms with Crippen LogP contribution in [-0.2, 0) is 9.53 Å². The number of ether oxygens (including phenoxy) is 1. The Hall–Kier alpha value is -0.570. The summed E-state index contributed by atoms with van der Waals surface area (Å²) < 4.78 is 5.11. The fourth-order valence-corrected chi connectivity index (χ4v) is 2.44. The van der Waals surface area contributed by atoms with Crippen LogP contribution < -0.4 is 0 Å². The van der Waals surface area contributed by atoms with Crippen molar-refractivity contribution >= 4 is 5.97 Å². The fourth-order valence-electron chi connectivity index (χ4n) is 2.44. The topological polar surface area (TPSA) is 46.5 Å². The number of hydrogen-bond acceptors (Lipinski definition) is 3. The van der Waals surface area contributed by atoms with E-state index in [9.17, 15) is 9.90 Å². The molecule has 2 aliphatic rings. The molecular weight excluding hydrogens is 156 g/mol. The summed E-state index contributed by atoms with van der Waals surface area (Å²) in [5.74, 6) is 0.244. The Bertz CT molecular complexity index is 202. The Morgan fingerprint density at radius 3 is 2.92 bits per heavy atom. The predicted octanol–water partition coefficient (Wildman–Crippen LogP) is 0.709. The van der Waals surface area contributed by atoms with Crippen molar-refractivity contribution in [2.45, 2.75) is 38.4 Å². The SMILES string of the molecule is CCC1C2CCC(O)C1OC2=O. The van der Waals surface area contributed by atoms with Gasteiger partial charge in [0.2, 0.25) is 0 Å². The maximum atomic E-state index is 11.2. The van der Waals surface area contributed by atoms with Crippen LogP contribution in [0.5, 0.6) is 0 Å². The first kappa shape index (κ1) is 8.05. The lowest BCUT2D eigenvalue weighted by Crippen LogP contribution is -2.36. The molecule has 1 heterocycles. The summed E-state index contributed by atoms with van der Waals surface area (Å²) in [7, 11) is 0. The lowest BCUT2D eigenvalue weighted by molar-refractivity contribution is -0.146. The van der Waals surface area contributed by atoms with Crippen molar-refractivity contribution in [2.24, 2.45) is 11.8 Å². The zero-order valence-corrected chi connectivity index (χ0v) is 7.19. The third kappa shape index (κ3) is 0.959. The molecule has 0 radical (unpaired) electrons. The van der Waals surface area contributed by atoms with Gasteiger partial charge in [-0.15, -0.1) is 0 Å². The summed E-state index contributed by atoms with van der Waals surface area (Å²) >= 11 is 0. The standard InChI is InChI=1S/C9H14O3/c1-2-5-6-3-4-7(10)8(5)12-9(6)11/h5-8,10H,2-4H2,1H3. The second kappa shape index (κ2) is 2.73. The Balaban J connectivity index is 2.21. The molecule has 3 nitrogen and oxygen atoms in total. The van der Waals surface area contributed by atoms with Crippen molar-refractivity contribution in [3.63, 3.8) is 0 Å². The number of fused-ring (bicyclic) bond motifs is 2.